The number of carbonyl (C=O) groups excluding carboxylic acids is 2. The van der Waals surface area contributed by atoms with Gasteiger partial charge in [0.1, 0.15) is 29.4 Å². The number of nitrogens with zero attached hydrogens (tertiary/aromatic N) is 7. The zero-order valence-electron chi connectivity index (χ0n) is 26.1. The third kappa shape index (κ3) is 6.48. The highest BCUT2D eigenvalue weighted by Gasteiger charge is 2.20. The molecule has 0 bridgehead atoms. The summed E-state index contributed by atoms with van der Waals surface area (Å²) in [5, 5.41) is 5.92. The summed E-state index contributed by atoms with van der Waals surface area (Å²) in [6.45, 7) is 7.42. The normalized spacial score (nSPS) is 11.5. The van der Waals surface area contributed by atoms with Crippen LogP contribution in [-0.4, -0.2) is 65.3 Å². The van der Waals surface area contributed by atoms with Crippen LogP contribution in [0.25, 0.3) is 39.4 Å². The molecule has 13 nitrogen and oxygen atoms in total. The van der Waals surface area contributed by atoms with Crippen LogP contribution in [-0.2, 0) is 16.1 Å². The smallest absolute Gasteiger partial charge is 0.408 e. The number of imidazole rings is 1. The third-order valence-electron chi connectivity index (χ3n) is 6.97. The van der Waals surface area contributed by atoms with Crippen molar-refractivity contribution in [2.45, 2.75) is 39.8 Å². The lowest BCUT2D eigenvalue weighted by molar-refractivity contribution is -0.115. The van der Waals surface area contributed by atoms with Crippen LogP contribution < -0.4 is 15.4 Å². The maximum absolute atomic E-state index is 12.7. The van der Waals surface area contributed by atoms with Gasteiger partial charge in [-0.15, -0.1) is 0 Å². The molecule has 0 atom stereocenters. The van der Waals surface area contributed by atoms with Gasteiger partial charge in [-0.2, -0.15) is 0 Å². The van der Waals surface area contributed by atoms with Crippen molar-refractivity contribution in [3.05, 3.63) is 84.6 Å². The maximum atomic E-state index is 12.7. The van der Waals surface area contributed by atoms with E-state index in [1.54, 1.807) is 40.4 Å². The molecule has 0 saturated heterocycles. The average Bonchev–Trinajstić information content (AvgIpc) is 3.64. The SMILES string of the molecule is COc1ccc(Cn2cnc3c(-n4ccc5c(NC(=O)CNC(=O)OC(C)(C)C)nccc54)nc(-c4cccc(C)n4)nc32)cc1. The minimum atomic E-state index is -0.682. The van der Waals surface area contributed by atoms with Gasteiger partial charge in [0.15, 0.2) is 22.8 Å². The van der Waals surface area contributed by atoms with Crippen LogP contribution in [0.5, 0.6) is 5.75 Å². The van der Waals surface area contributed by atoms with Gasteiger partial charge in [0.2, 0.25) is 5.91 Å². The zero-order valence-corrected chi connectivity index (χ0v) is 26.1. The number of fused-ring (bicyclic) bond motifs is 2. The highest BCUT2D eigenvalue weighted by molar-refractivity contribution is 6.01. The Labute approximate surface area is 264 Å². The van der Waals surface area contributed by atoms with E-state index in [1.165, 1.54) is 0 Å². The number of hydrogen-bond acceptors (Lipinski definition) is 9. The highest BCUT2D eigenvalue weighted by atomic mass is 16.6. The number of carbonyl (C=O) groups is 2. The summed E-state index contributed by atoms with van der Waals surface area (Å²) in [6.07, 6.45) is 4.51. The highest BCUT2D eigenvalue weighted by Crippen LogP contribution is 2.29. The standard InChI is InChI=1S/C33H33N9O4/c1-20-7-6-8-24(37-20)29-39-30-27(36-19-41(30)18-21-9-11-22(45-5)12-10-21)31(40-29)42-16-14-23-25(42)13-15-34-28(23)38-26(43)17-35-32(44)46-33(2,3)4/h6-16,19H,17-18H2,1-5H3,(H,35,44)(H,34,38,43). The summed E-state index contributed by atoms with van der Waals surface area (Å²) in [5.41, 5.74) is 3.80. The molecule has 46 heavy (non-hydrogen) atoms. The van der Waals surface area contributed by atoms with Crippen LogP contribution in [0.4, 0.5) is 10.6 Å². The number of aryl methyl sites for hydroxylation is 1. The number of alkyl carbamates (subject to hydrolysis) is 1. The van der Waals surface area contributed by atoms with E-state index in [9.17, 15) is 9.59 Å². The molecular formula is C33H33N9O4. The van der Waals surface area contributed by atoms with E-state index in [0.717, 1.165) is 22.5 Å². The molecule has 0 unspecified atom stereocenters. The summed E-state index contributed by atoms with van der Waals surface area (Å²) in [5.74, 6) is 1.65. The number of benzene rings is 1. The van der Waals surface area contributed by atoms with Gasteiger partial charge in [-0.25, -0.2) is 29.7 Å². The van der Waals surface area contributed by atoms with Gasteiger partial charge < -0.3 is 24.7 Å². The molecular weight excluding hydrogens is 586 g/mol. The molecule has 6 aromatic rings. The Morgan fingerprint density at radius 1 is 0.957 bits per heavy atom. The lowest BCUT2D eigenvalue weighted by atomic mass is 10.2. The molecule has 0 fully saturated rings. The van der Waals surface area contributed by atoms with Gasteiger partial charge in [-0.1, -0.05) is 18.2 Å². The van der Waals surface area contributed by atoms with Gasteiger partial charge in [-0.05, 0) is 69.7 Å². The Kier molecular flexibility index (Phi) is 8.05. The first-order chi connectivity index (χ1) is 22.1. The predicted molar refractivity (Wildman–Crippen MR) is 173 cm³/mol. The topological polar surface area (TPSA) is 151 Å². The summed E-state index contributed by atoms with van der Waals surface area (Å²) in [4.78, 5) is 48.4. The van der Waals surface area contributed by atoms with Crippen molar-refractivity contribution in [3.8, 4) is 23.1 Å². The molecule has 5 heterocycles. The monoisotopic (exact) mass is 619 g/mol. The van der Waals surface area contributed by atoms with Crippen LogP contribution in [0.1, 0.15) is 32.0 Å². The molecule has 2 N–H and O–H groups in total. The molecule has 0 aliphatic carbocycles. The van der Waals surface area contributed by atoms with Crippen molar-refractivity contribution in [1.29, 1.82) is 0 Å². The summed E-state index contributed by atoms with van der Waals surface area (Å²) >= 11 is 0. The summed E-state index contributed by atoms with van der Waals surface area (Å²) in [7, 11) is 1.64. The second kappa shape index (κ2) is 12.3. The number of methoxy groups -OCH3 is 1. The van der Waals surface area contributed by atoms with E-state index < -0.39 is 17.6 Å². The molecule has 5 aromatic heterocycles. The molecule has 6 rings (SSSR count). The number of rotatable bonds is 8. The van der Waals surface area contributed by atoms with Crippen molar-refractivity contribution >= 4 is 39.9 Å². The van der Waals surface area contributed by atoms with E-state index in [2.05, 4.69) is 20.6 Å². The molecule has 0 aliphatic heterocycles. The predicted octanol–water partition coefficient (Wildman–Crippen LogP) is 5.06. The van der Waals surface area contributed by atoms with Gasteiger partial charge in [0, 0.05) is 23.5 Å². The molecule has 234 valence electrons. The molecule has 0 saturated carbocycles. The zero-order chi connectivity index (χ0) is 32.4. The quantitative estimate of drug-likeness (QED) is 0.238. The number of hydrogen-bond donors (Lipinski definition) is 2. The van der Waals surface area contributed by atoms with Crippen molar-refractivity contribution in [2.75, 3.05) is 19.0 Å². The lowest BCUT2D eigenvalue weighted by Gasteiger charge is -2.19. The minimum absolute atomic E-state index is 0.279. The second-order valence-electron chi connectivity index (χ2n) is 11.6. The largest absolute Gasteiger partial charge is 0.497 e. The van der Waals surface area contributed by atoms with E-state index in [0.29, 0.717) is 46.2 Å². The van der Waals surface area contributed by atoms with Gasteiger partial charge in [0.05, 0.1) is 25.5 Å². The molecule has 2 amide bonds. The second-order valence-corrected chi connectivity index (χ2v) is 11.6. The fourth-order valence-corrected chi connectivity index (χ4v) is 4.92. The fraction of sp³-hybridized carbons (Fsp3) is 0.242. The van der Waals surface area contributed by atoms with Gasteiger partial charge in [-0.3, -0.25) is 9.36 Å². The van der Waals surface area contributed by atoms with E-state index in [4.69, 9.17) is 24.4 Å². The van der Waals surface area contributed by atoms with Crippen LogP contribution in [0.2, 0.25) is 0 Å². The van der Waals surface area contributed by atoms with Crippen molar-refractivity contribution in [1.82, 2.24) is 39.4 Å². The first-order valence-electron chi connectivity index (χ1n) is 14.6. The van der Waals surface area contributed by atoms with Crippen LogP contribution in [0.15, 0.2) is 73.3 Å². The van der Waals surface area contributed by atoms with Gasteiger partial charge >= 0.3 is 6.09 Å². The number of ether oxygens (including phenoxy) is 2. The Hall–Kier alpha value is -5.85. The molecule has 0 spiro atoms. The Balaban J connectivity index is 1.37. The average molecular weight is 620 g/mol. The molecule has 13 heteroatoms. The Bertz CT molecular complexity index is 2060. The summed E-state index contributed by atoms with van der Waals surface area (Å²) < 4.78 is 14.4. The minimum Gasteiger partial charge on any atom is -0.497 e. The van der Waals surface area contributed by atoms with E-state index in [-0.39, 0.29) is 6.54 Å². The van der Waals surface area contributed by atoms with Crippen molar-refractivity contribution < 1.29 is 19.1 Å². The molecule has 0 radical (unpaired) electrons. The van der Waals surface area contributed by atoms with E-state index in [1.807, 2.05) is 76.9 Å². The van der Waals surface area contributed by atoms with Gasteiger partial charge in [0.25, 0.3) is 0 Å². The maximum Gasteiger partial charge on any atom is 0.408 e. The molecule has 1 aromatic carbocycles. The van der Waals surface area contributed by atoms with Crippen LogP contribution in [0, 0.1) is 6.92 Å². The van der Waals surface area contributed by atoms with Crippen molar-refractivity contribution in [2.24, 2.45) is 0 Å². The number of nitrogens with one attached hydrogen (secondary N) is 2. The van der Waals surface area contributed by atoms with Crippen LogP contribution >= 0.6 is 0 Å². The number of pyridine rings is 2. The van der Waals surface area contributed by atoms with E-state index >= 15 is 0 Å². The Morgan fingerprint density at radius 3 is 2.50 bits per heavy atom. The fourth-order valence-electron chi connectivity index (χ4n) is 4.92. The number of anilines is 1. The van der Waals surface area contributed by atoms with Crippen LogP contribution in [0.3, 0.4) is 0 Å². The summed E-state index contributed by atoms with van der Waals surface area (Å²) in [6, 6.07) is 17.2. The number of amides is 2. The first-order valence-corrected chi connectivity index (χ1v) is 14.6. The van der Waals surface area contributed by atoms with Crippen molar-refractivity contribution in [3.63, 3.8) is 0 Å². The lowest BCUT2D eigenvalue weighted by Crippen LogP contribution is -2.37. The first kappa shape index (κ1) is 30.2. The third-order valence-corrected chi connectivity index (χ3v) is 6.97. The number of aromatic nitrogens is 7. The molecule has 0 aliphatic rings. The Morgan fingerprint density at radius 2 is 1.76 bits per heavy atom.